The Labute approximate surface area is 159 Å². The standard InChI is InChI=1S/C21H22N2O2.ClH/c1-14-10-15(2)20(16(3)11-14)21-22-8-9-23(21)13-18-6-4-17(5-7-18)12-19(24)25;/h4-11H,12-13H2,1-3H3,(H,24,25);1H. The molecule has 1 aromatic heterocycles. The third-order valence-corrected chi connectivity index (χ3v) is 4.35. The first kappa shape index (κ1) is 19.7. The number of rotatable bonds is 5. The Bertz CT molecular complexity index is 891. The molecule has 4 nitrogen and oxygen atoms in total. The molecule has 5 heteroatoms. The van der Waals surface area contributed by atoms with Crippen LogP contribution in [0.3, 0.4) is 0 Å². The van der Waals surface area contributed by atoms with Gasteiger partial charge in [0.25, 0.3) is 0 Å². The van der Waals surface area contributed by atoms with Crippen LogP contribution in [0.2, 0.25) is 0 Å². The Kier molecular flexibility index (Phi) is 6.22. The predicted molar refractivity (Wildman–Crippen MR) is 106 cm³/mol. The van der Waals surface area contributed by atoms with Crippen LogP contribution in [0, 0.1) is 20.8 Å². The van der Waals surface area contributed by atoms with Crippen molar-refractivity contribution in [1.82, 2.24) is 9.55 Å². The Morgan fingerprint density at radius 3 is 2.19 bits per heavy atom. The zero-order valence-electron chi connectivity index (χ0n) is 15.2. The molecule has 2 aromatic carbocycles. The van der Waals surface area contributed by atoms with E-state index in [1.807, 2.05) is 36.7 Å². The number of halogens is 1. The quantitative estimate of drug-likeness (QED) is 0.715. The van der Waals surface area contributed by atoms with Gasteiger partial charge in [0, 0.05) is 24.5 Å². The van der Waals surface area contributed by atoms with Crippen LogP contribution < -0.4 is 0 Å². The van der Waals surface area contributed by atoms with E-state index in [1.165, 1.54) is 22.3 Å². The Hall–Kier alpha value is -2.59. The van der Waals surface area contributed by atoms with Crippen LogP contribution in [0.15, 0.2) is 48.8 Å². The molecule has 1 N–H and O–H groups in total. The van der Waals surface area contributed by atoms with Crippen LogP contribution in [0.1, 0.15) is 27.8 Å². The molecular formula is C21H23ClN2O2. The number of nitrogens with zero attached hydrogens (tertiary/aromatic N) is 2. The molecule has 0 aliphatic carbocycles. The van der Waals surface area contributed by atoms with Gasteiger partial charge in [0.1, 0.15) is 5.82 Å². The van der Waals surface area contributed by atoms with Crippen molar-refractivity contribution in [2.45, 2.75) is 33.7 Å². The summed E-state index contributed by atoms with van der Waals surface area (Å²) in [5.41, 5.74) is 6.82. The second-order valence-electron chi connectivity index (χ2n) is 6.54. The fraction of sp³-hybridized carbons (Fsp3) is 0.238. The van der Waals surface area contributed by atoms with E-state index in [4.69, 9.17) is 5.11 Å². The summed E-state index contributed by atoms with van der Waals surface area (Å²) in [6.45, 7) is 7.05. The van der Waals surface area contributed by atoms with E-state index in [-0.39, 0.29) is 18.8 Å². The number of benzene rings is 2. The van der Waals surface area contributed by atoms with Crippen molar-refractivity contribution in [3.63, 3.8) is 0 Å². The number of hydrogen-bond donors (Lipinski definition) is 1. The van der Waals surface area contributed by atoms with Crippen molar-refractivity contribution in [1.29, 1.82) is 0 Å². The van der Waals surface area contributed by atoms with Gasteiger partial charge in [-0.25, -0.2) is 4.98 Å². The Morgan fingerprint density at radius 1 is 1.04 bits per heavy atom. The average molecular weight is 371 g/mol. The van der Waals surface area contributed by atoms with Gasteiger partial charge in [0.2, 0.25) is 0 Å². The number of hydrogen-bond acceptors (Lipinski definition) is 2. The third kappa shape index (κ3) is 4.33. The monoisotopic (exact) mass is 370 g/mol. The van der Waals surface area contributed by atoms with E-state index < -0.39 is 5.97 Å². The summed E-state index contributed by atoms with van der Waals surface area (Å²) in [4.78, 5) is 15.4. The van der Waals surface area contributed by atoms with Gasteiger partial charge in [-0.15, -0.1) is 12.4 Å². The molecule has 0 unspecified atom stereocenters. The summed E-state index contributed by atoms with van der Waals surface area (Å²) in [6, 6.07) is 12.1. The molecule has 0 saturated heterocycles. The van der Waals surface area contributed by atoms with Crippen LogP contribution in [0.4, 0.5) is 0 Å². The van der Waals surface area contributed by atoms with E-state index in [2.05, 4.69) is 42.5 Å². The lowest BCUT2D eigenvalue weighted by molar-refractivity contribution is -0.136. The number of aliphatic carboxylic acids is 1. The number of imidazole rings is 1. The molecule has 0 fully saturated rings. The van der Waals surface area contributed by atoms with E-state index in [0.717, 1.165) is 17.0 Å². The minimum absolute atomic E-state index is 0. The SMILES string of the molecule is Cc1cc(C)c(-c2nccn2Cc2ccc(CC(=O)O)cc2)c(C)c1.Cl. The molecule has 26 heavy (non-hydrogen) atoms. The predicted octanol–water partition coefficient (Wildman–Crippen LogP) is 4.57. The Morgan fingerprint density at radius 2 is 1.62 bits per heavy atom. The van der Waals surface area contributed by atoms with Gasteiger partial charge in [-0.05, 0) is 43.0 Å². The first-order valence-electron chi connectivity index (χ1n) is 8.33. The van der Waals surface area contributed by atoms with Crippen molar-refractivity contribution < 1.29 is 9.90 Å². The average Bonchev–Trinajstić information content (AvgIpc) is 2.96. The maximum atomic E-state index is 10.8. The smallest absolute Gasteiger partial charge is 0.307 e. The molecule has 0 aliphatic rings. The molecule has 0 aliphatic heterocycles. The number of carboxylic acid groups (broad SMARTS) is 1. The van der Waals surface area contributed by atoms with E-state index >= 15 is 0 Å². The second kappa shape index (κ2) is 8.19. The highest BCUT2D eigenvalue weighted by molar-refractivity contribution is 5.85. The second-order valence-corrected chi connectivity index (χ2v) is 6.54. The van der Waals surface area contributed by atoms with Gasteiger partial charge >= 0.3 is 5.97 Å². The maximum Gasteiger partial charge on any atom is 0.307 e. The van der Waals surface area contributed by atoms with Gasteiger partial charge in [-0.1, -0.05) is 42.0 Å². The molecule has 0 spiro atoms. The lowest BCUT2D eigenvalue weighted by Crippen LogP contribution is -2.04. The van der Waals surface area contributed by atoms with E-state index in [0.29, 0.717) is 6.54 Å². The molecule has 3 aromatic rings. The van der Waals surface area contributed by atoms with Crippen molar-refractivity contribution >= 4 is 18.4 Å². The molecule has 0 saturated carbocycles. The van der Waals surface area contributed by atoms with Crippen LogP contribution >= 0.6 is 12.4 Å². The van der Waals surface area contributed by atoms with Crippen molar-refractivity contribution in [3.8, 4) is 11.4 Å². The van der Waals surface area contributed by atoms with Crippen LogP contribution in [-0.4, -0.2) is 20.6 Å². The topological polar surface area (TPSA) is 55.1 Å². The van der Waals surface area contributed by atoms with Crippen molar-refractivity contribution in [3.05, 3.63) is 76.6 Å². The third-order valence-electron chi connectivity index (χ3n) is 4.35. The van der Waals surface area contributed by atoms with Gasteiger partial charge in [0.15, 0.2) is 0 Å². The molecule has 1 heterocycles. The van der Waals surface area contributed by atoms with Gasteiger partial charge in [0.05, 0.1) is 6.42 Å². The summed E-state index contributed by atoms with van der Waals surface area (Å²) in [7, 11) is 0. The lowest BCUT2D eigenvalue weighted by atomic mass is 9.99. The largest absolute Gasteiger partial charge is 0.481 e. The molecule has 0 radical (unpaired) electrons. The highest BCUT2D eigenvalue weighted by Gasteiger charge is 2.12. The summed E-state index contributed by atoms with van der Waals surface area (Å²) in [5, 5.41) is 8.87. The highest BCUT2D eigenvalue weighted by atomic mass is 35.5. The van der Waals surface area contributed by atoms with Crippen LogP contribution in [-0.2, 0) is 17.8 Å². The number of carbonyl (C=O) groups is 1. The molecule has 0 amide bonds. The molecule has 0 atom stereocenters. The van der Waals surface area contributed by atoms with Crippen LogP contribution in [0.25, 0.3) is 11.4 Å². The molecule has 3 rings (SSSR count). The van der Waals surface area contributed by atoms with Gasteiger partial charge in [-0.3, -0.25) is 4.79 Å². The summed E-state index contributed by atoms with van der Waals surface area (Å²) < 4.78 is 2.14. The molecule has 0 bridgehead atoms. The van der Waals surface area contributed by atoms with Crippen molar-refractivity contribution in [2.75, 3.05) is 0 Å². The number of aromatic nitrogens is 2. The Balaban J connectivity index is 0.00000243. The van der Waals surface area contributed by atoms with E-state index in [9.17, 15) is 4.79 Å². The first-order valence-corrected chi connectivity index (χ1v) is 8.33. The normalized spacial score (nSPS) is 10.4. The maximum absolute atomic E-state index is 10.8. The minimum atomic E-state index is -0.810. The fourth-order valence-corrected chi connectivity index (χ4v) is 3.33. The highest BCUT2D eigenvalue weighted by Crippen LogP contribution is 2.27. The number of aryl methyl sites for hydroxylation is 3. The minimum Gasteiger partial charge on any atom is -0.481 e. The zero-order chi connectivity index (χ0) is 18.0. The van der Waals surface area contributed by atoms with E-state index in [1.54, 1.807) is 0 Å². The van der Waals surface area contributed by atoms with Crippen LogP contribution in [0.5, 0.6) is 0 Å². The summed E-state index contributed by atoms with van der Waals surface area (Å²) in [6.07, 6.45) is 3.87. The molecule has 136 valence electrons. The first-order chi connectivity index (χ1) is 11.9. The lowest BCUT2D eigenvalue weighted by Gasteiger charge is -2.14. The fourth-order valence-electron chi connectivity index (χ4n) is 3.33. The van der Waals surface area contributed by atoms with Gasteiger partial charge in [-0.2, -0.15) is 0 Å². The zero-order valence-corrected chi connectivity index (χ0v) is 16.0. The summed E-state index contributed by atoms with van der Waals surface area (Å²) >= 11 is 0. The van der Waals surface area contributed by atoms with Gasteiger partial charge < -0.3 is 9.67 Å². The van der Waals surface area contributed by atoms with Crippen molar-refractivity contribution in [2.24, 2.45) is 0 Å². The summed E-state index contributed by atoms with van der Waals surface area (Å²) in [5.74, 6) is 0.152. The number of carboxylic acids is 1. The molecular weight excluding hydrogens is 348 g/mol.